The van der Waals surface area contributed by atoms with Gasteiger partial charge in [0.2, 0.25) is 28.3 Å². The molecule has 30 nitrogen and oxygen atoms in total. The highest BCUT2D eigenvalue weighted by Gasteiger charge is 2.42. The van der Waals surface area contributed by atoms with Crippen molar-refractivity contribution in [2.24, 2.45) is 11.8 Å². The van der Waals surface area contributed by atoms with E-state index in [1.54, 1.807) is 146 Å². The Hall–Kier alpha value is -7.53. The molecule has 740 valence electrons. The summed E-state index contributed by atoms with van der Waals surface area (Å²) in [5.74, 6) is -0.826. The molecule has 0 bridgehead atoms. The number of amides is 4. The lowest BCUT2D eigenvalue weighted by Crippen LogP contribution is -2.41. The molecule has 4 aliphatic rings. The number of nitrogens with zero attached hydrogens (tertiary/aromatic N) is 5. The van der Waals surface area contributed by atoms with Gasteiger partial charge in [-0.2, -0.15) is 30.3 Å². The van der Waals surface area contributed by atoms with Gasteiger partial charge in [0.05, 0.1) is 24.7 Å². The Bertz CT molecular complexity index is 5480. The maximum absolute atomic E-state index is 13.8. The number of hydrogen-bond acceptors (Lipinski definition) is 24. The van der Waals surface area contributed by atoms with Gasteiger partial charge in [-0.15, -0.1) is 47.5 Å². The van der Waals surface area contributed by atoms with E-state index in [4.69, 9.17) is 96.4 Å². The smallest absolute Gasteiger partial charge is 0.387 e. The van der Waals surface area contributed by atoms with Gasteiger partial charge >= 0.3 is 25.2 Å². The van der Waals surface area contributed by atoms with Crippen LogP contribution in [0.5, 0.6) is 23.0 Å². The number of pyridine rings is 2. The van der Waals surface area contributed by atoms with E-state index >= 15 is 0 Å². The summed E-state index contributed by atoms with van der Waals surface area (Å²) in [6.45, 7) is -4.59. The number of thioether (sulfide) groups is 2. The summed E-state index contributed by atoms with van der Waals surface area (Å²) in [5.41, 5.74) is 6.07. The number of esters is 2. The van der Waals surface area contributed by atoms with Crippen LogP contribution in [0.3, 0.4) is 0 Å². The lowest BCUT2D eigenvalue weighted by Gasteiger charge is -2.26. The number of aromatic amines is 2. The third kappa shape index (κ3) is 41.3. The SMILES string of the molecule is C.CN(C)C(=O)c1cccc(CCl)c1.CN(C)C(=O)c1cccc(CS(=O)(=O)Cl)c1.CN(C)C(=O)c1cccc(CS(=O)(=O)N2CCS[C@H]2C(=O)O[C@@H](Cc2c(Cl)c[nH+]cc2Cl)c2ccc(OC(F)F)c(OCC3CC3)c2)c1.CN(C)C(=O)c1cccc(CS(=O)(=O)O)c1.Cl.O=C(O[C@@H](Cc1c(Cl)c[nH+]cc1Cl)c1ccc(OC(F)F)c(OCC2CC2)c1)[C@H]1NCCS1.O=S(Cl)Cl.[OH-].[OH-]. The molecule has 4 amide bonds. The maximum atomic E-state index is 13.8. The zero-order chi connectivity index (χ0) is 96.1. The van der Waals surface area contributed by atoms with Crippen LogP contribution in [0.25, 0.3) is 0 Å². The van der Waals surface area contributed by atoms with E-state index in [2.05, 4.69) is 46.1 Å². The number of ether oxygens (including phenoxy) is 6. The number of hydrogen-bond donors (Lipinski definition) is 2. The van der Waals surface area contributed by atoms with Crippen LogP contribution in [0.2, 0.25) is 20.1 Å². The molecule has 4 fully saturated rings. The second kappa shape index (κ2) is 57.7. The van der Waals surface area contributed by atoms with Crippen LogP contribution < -0.4 is 34.2 Å². The predicted molar refractivity (Wildman–Crippen MR) is 512 cm³/mol. The molecule has 49 heteroatoms. The highest BCUT2D eigenvalue weighted by Crippen LogP contribution is 2.42. The molecule has 2 saturated heterocycles. The number of alkyl halides is 5. The van der Waals surface area contributed by atoms with E-state index in [1.165, 1.54) is 81.3 Å². The second-order valence-electron chi connectivity index (χ2n) is 29.8. The van der Waals surface area contributed by atoms with E-state index in [0.29, 0.717) is 114 Å². The first-order valence-corrected chi connectivity index (χ1v) is 51.7. The Morgan fingerprint density at radius 2 is 0.873 bits per heavy atom. The molecule has 2 aromatic heterocycles. The van der Waals surface area contributed by atoms with E-state index in [1.807, 2.05) is 18.2 Å². The van der Waals surface area contributed by atoms with Gasteiger partial charge in [0.1, 0.15) is 38.1 Å². The third-order valence-electron chi connectivity index (χ3n) is 18.6. The van der Waals surface area contributed by atoms with Gasteiger partial charge in [-0.25, -0.2) is 40.6 Å². The standard InChI is InChI=1S/C32H33Cl2F2N3O7S2.C22H22Cl2F2N2O4S.C10H12ClNO3S.C10H12ClNO.C10H13NO4S.CH4.Cl2OS.ClH.2H2O/c1-38(2)29(40)22-5-3-4-20(12-22)18-48(42,43)39-10-11-47-30(39)31(41)45-27(14-23-24(33)15-37-16-25(23)34)21-8-9-26(46-32(35)36)28(13-21)44-17-19-6-7-19;23-15-9-27-10-16(24)14(15)8-18(31-21(29)20-28-5-6-33-20)13-3-4-17(32-22(25)26)19(7-13)30-11-12-1-2-12;1-12(2)10(13)9-5-3-4-8(6-9)7-16(11,14)15;1-12(2)10(13)9-5-3-4-8(6-9)7-11;1-11(2)10(12)9-5-3-4-8(6-9)7-16(13,14)15;;1-4(2)3;;;/h3-5,8-9,12-13,15-16,19,27,30,32H,6-7,10-11,14,17-18H2,1-2H3;3-4,7,9-10,12,18,20,22,28H,1-2,5-6,8,11H2;3-6H,7H2,1-2H3;3-6H,7H2,1-2H3;3-6H,7H2,1-2H3,(H,13,14,15);1H4;;1H;2*1H2/t27-,30-;18-,20-;;;;;;;;/m00......../s1. The minimum Gasteiger partial charge on any atom is -0.870 e. The lowest BCUT2D eigenvalue weighted by molar-refractivity contribution is -0.378. The van der Waals surface area contributed by atoms with Crippen LogP contribution in [0.15, 0.2) is 158 Å². The van der Waals surface area contributed by atoms with E-state index in [-0.39, 0.29) is 113 Å². The van der Waals surface area contributed by atoms with Crippen molar-refractivity contribution >= 4 is 200 Å². The number of rotatable bonds is 32. The van der Waals surface area contributed by atoms with Crippen LogP contribution in [0, 0.1) is 11.8 Å². The number of halogens is 13. The first-order valence-electron chi connectivity index (χ1n) is 39.1. The summed E-state index contributed by atoms with van der Waals surface area (Å²) in [7, 11) is 13.9. The maximum Gasteiger partial charge on any atom is 0.387 e. The average Bonchev–Trinajstić information content (AvgIpc) is 1.56. The minimum absolute atomic E-state index is 0. The fourth-order valence-corrected chi connectivity index (χ4v) is 18.9. The lowest BCUT2D eigenvalue weighted by atomic mass is 10.0. The van der Waals surface area contributed by atoms with Gasteiger partial charge in [-0.3, -0.25) is 29.0 Å². The average molecular weight is 2170 g/mol. The van der Waals surface area contributed by atoms with Crippen LogP contribution in [0.4, 0.5) is 17.6 Å². The molecule has 2 saturated carbocycles. The van der Waals surface area contributed by atoms with Gasteiger partial charge in [-0.05, 0) is 144 Å². The van der Waals surface area contributed by atoms with Crippen LogP contribution >= 0.6 is 126 Å². The zero-order valence-electron chi connectivity index (χ0n) is 72.2. The number of carbonyl (C=O) groups excluding carboxylic acids is 6. The van der Waals surface area contributed by atoms with Crippen LogP contribution in [-0.2, 0) is 93.5 Å². The van der Waals surface area contributed by atoms with Gasteiger partial charge in [0.15, 0.2) is 58.5 Å². The summed E-state index contributed by atoms with van der Waals surface area (Å²) in [6, 6.07) is 35.0. The Balaban J connectivity index is 0.000000463. The molecule has 134 heavy (non-hydrogen) atoms. The summed E-state index contributed by atoms with van der Waals surface area (Å²) >= 11 is 33.8. The van der Waals surface area contributed by atoms with E-state index < -0.39 is 98.0 Å². The summed E-state index contributed by atoms with van der Waals surface area (Å²) in [6.07, 6.45) is 8.51. The molecule has 0 unspecified atom stereocenters. The molecular formula is C85H101Cl9F4N8O22S6. The van der Waals surface area contributed by atoms with Crippen molar-refractivity contribution < 1.29 is 130 Å². The first kappa shape index (κ1) is 121. The molecule has 0 radical (unpaired) electrons. The number of sulfonamides is 1. The number of benzene rings is 6. The number of nitrogens with one attached hydrogen (secondary N) is 3. The number of aromatic nitrogens is 2. The van der Waals surface area contributed by atoms with Crippen LogP contribution in [0.1, 0.15) is 131 Å². The zero-order valence-corrected chi connectivity index (χ0v) is 83.9. The number of carbonyl (C=O) groups is 6. The van der Waals surface area contributed by atoms with E-state index in [0.717, 1.165) is 53.1 Å². The fraction of sp³-hybridized carbons (Fsp3) is 0.388. The van der Waals surface area contributed by atoms with Gasteiger partial charge in [0, 0.05) is 165 Å². The predicted octanol–water partition coefficient (Wildman–Crippen LogP) is 16.4. The minimum atomic E-state index is -4.06. The van der Waals surface area contributed by atoms with Crippen molar-refractivity contribution in [3.05, 3.63) is 245 Å². The highest BCUT2D eigenvalue weighted by atomic mass is 36.0. The van der Waals surface area contributed by atoms with Crippen molar-refractivity contribution in [3.63, 3.8) is 0 Å². The molecule has 0 spiro atoms. The fourth-order valence-electron chi connectivity index (χ4n) is 12.0. The molecule has 6 N–H and O–H groups in total. The third-order valence-corrected chi connectivity index (χ3v) is 26.2. The van der Waals surface area contributed by atoms with Crippen molar-refractivity contribution in [1.82, 2.24) is 29.2 Å². The van der Waals surface area contributed by atoms with Crippen LogP contribution in [-0.4, -0.2) is 223 Å². The number of H-pyrrole nitrogens is 2. The normalized spacial score (nSPS) is 14.7. The molecule has 12 rings (SSSR count). The molecule has 8 aromatic rings. The summed E-state index contributed by atoms with van der Waals surface area (Å²) in [5, 5.41) is 2.71. The molecule has 4 atom stereocenters. The molecular weight excluding hydrogens is 2070 g/mol. The molecule has 4 heterocycles. The van der Waals surface area contributed by atoms with Crippen molar-refractivity contribution in [3.8, 4) is 23.0 Å². The van der Waals surface area contributed by atoms with Gasteiger partial charge in [0.25, 0.3) is 33.7 Å². The van der Waals surface area contributed by atoms with Crippen molar-refractivity contribution in [1.29, 1.82) is 0 Å². The van der Waals surface area contributed by atoms with Gasteiger partial charge < -0.3 is 59.0 Å². The Morgan fingerprint density at radius 1 is 0.522 bits per heavy atom. The van der Waals surface area contributed by atoms with E-state index in [9.17, 15) is 71.6 Å². The van der Waals surface area contributed by atoms with Gasteiger partial charge in [-0.1, -0.05) is 114 Å². The largest absolute Gasteiger partial charge is 0.870 e. The Labute approximate surface area is 831 Å². The summed E-state index contributed by atoms with van der Waals surface area (Å²) < 4.78 is 174. The first-order chi connectivity index (χ1) is 61.2. The second-order valence-corrected chi connectivity index (χ2v) is 42.8. The Kier molecular flexibility index (Phi) is 52.0. The quantitative estimate of drug-likeness (QED) is 0.0130. The monoisotopic (exact) mass is 2170 g/mol. The van der Waals surface area contributed by atoms with Crippen molar-refractivity contribution in [2.45, 2.75) is 105 Å². The Morgan fingerprint density at radius 3 is 1.20 bits per heavy atom. The van der Waals surface area contributed by atoms with Crippen molar-refractivity contribution in [2.75, 3.05) is 94.2 Å². The topological polar surface area (TPSA) is 414 Å². The molecule has 2 aliphatic carbocycles. The molecule has 2 aliphatic heterocycles. The molecule has 6 aromatic carbocycles. The summed E-state index contributed by atoms with van der Waals surface area (Å²) in [4.78, 5) is 85.1. The highest BCUT2D eigenvalue weighted by molar-refractivity contribution is 8.26.